The predicted molar refractivity (Wildman–Crippen MR) is 79.4 cm³/mol. The molecule has 0 unspecified atom stereocenters. The molecule has 2 aliphatic rings. The second-order valence-corrected chi connectivity index (χ2v) is 6.29. The highest BCUT2D eigenvalue weighted by molar-refractivity contribution is 5.94. The van der Waals surface area contributed by atoms with Crippen LogP contribution in [0.2, 0.25) is 0 Å². The van der Waals surface area contributed by atoms with Crippen molar-refractivity contribution in [3.8, 4) is 0 Å². The smallest absolute Gasteiger partial charge is 0.261 e. The van der Waals surface area contributed by atoms with Crippen molar-refractivity contribution in [2.45, 2.75) is 30.6 Å². The fourth-order valence-corrected chi connectivity index (χ4v) is 3.07. The molecule has 3 rings (SSSR count). The van der Waals surface area contributed by atoms with Crippen molar-refractivity contribution >= 4 is 5.91 Å². The minimum atomic E-state index is -2.70. The van der Waals surface area contributed by atoms with Crippen molar-refractivity contribution in [1.29, 1.82) is 0 Å². The van der Waals surface area contributed by atoms with Crippen molar-refractivity contribution in [2.24, 2.45) is 0 Å². The Morgan fingerprint density at radius 1 is 1.46 bits per heavy atom. The summed E-state index contributed by atoms with van der Waals surface area (Å²) < 4.78 is 45.0. The molecule has 0 aromatic heterocycles. The summed E-state index contributed by atoms with van der Waals surface area (Å²) in [4.78, 5) is 13.6. The van der Waals surface area contributed by atoms with E-state index in [1.807, 2.05) is 0 Å². The van der Waals surface area contributed by atoms with E-state index in [1.165, 1.54) is 18.2 Å². The number of benzene rings is 1. The molecule has 5 nitrogen and oxygen atoms in total. The van der Waals surface area contributed by atoms with Crippen LogP contribution in [0.1, 0.15) is 16.8 Å². The number of likely N-dealkylation sites (tertiary alicyclic amines) is 1. The second-order valence-electron chi connectivity index (χ2n) is 6.29. The molecule has 2 N–H and O–H groups in total. The van der Waals surface area contributed by atoms with Crippen LogP contribution in [-0.2, 0) is 4.74 Å². The maximum atomic E-state index is 13.2. The quantitative estimate of drug-likeness (QED) is 0.856. The number of carbonyl (C=O) groups is 1. The minimum Gasteiger partial charge on any atom is -0.388 e. The van der Waals surface area contributed by atoms with Crippen molar-refractivity contribution < 1.29 is 27.8 Å². The van der Waals surface area contributed by atoms with Gasteiger partial charge < -0.3 is 15.2 Å². The second kappa shape index (κ2) is 6.70. The van der Waals surface area contributed by atoms with Gasteiger partial charge >= 0.3 is 0 Å². The van der Waals surface area contributed by atoms with Crippen molar-refractivity contribution in [3.05, 3.63) is 35.6 Å². The number of carbonyl (C=O) groups excluding carboxylic acids is 1. The Morgan fingerprint density at radius 3 is 2.92 bits per heavy atom. The number of hydrogen-bond acceptors (Lipinski definition) is 4. The van der Waals surface area contributed by atoms with Gasteiger partial charge in [-0.2, -0.15) is 0 Å². The van der Waals surface area contributed by atoms with Crippen molar-refractivity contribution in [1.82, 2.24) is 10.2 Å². The molecule has 2 heterocycles. The molecular weight excluding hydrogens is 325 g/mol. The maximum absolute atomic E-state index is 13.2. The zero-order valence-electron chi connectivity index (χ0n) is 12.9. The lowest BCUT2D eigenvalue weighted by Crippen LogP contribution is -2.46. The molecule has 2 aliphatic heterocycles. The number of halogens is 3. The number of amides is 1. The van der Waals surface area contributed by atoms with E-state index in [4.69, 9.17) is 4.74 Å². The number of hydrogen-bond donors (Lipinski definition) is 2. The van der Waals surface area contributed by atoms with Gasteiger partial charge in [-0.3, -0.25) is 9.69 Å². The van der Waals surface area contributed by atoms with Crippen LogP contribution in [0.3, 0.4) is 0 Å². The zero-order chi connectivity index (χ0) is 17.3. The number of rotatable bonds is 4. The lowest BCUT2D eigenvalue weighted by atomic mass is 10.1. The molecule has 0 bridgehead atoms. The Hall–Kier alpha value is -1.64. The standard InChI is InChI=1S/C16H19F3N2O3/c17-11-3-1-2-10(6-11)15(23)20-12-8-24-13(14(12)22)7-21-5-4-16(18,19)9-21/h1-3,6,12-14,22H,4-5,7-9H2,(H,20,23)/t12-,13-,14+/m0/s1. The minimum absolute atomic E-state index is 0.0805. The van der Waals surface area contributed by atoms with Crippen LogP contribution in [0.4, 0.5) is 13.2 Å². The first kappa shape index (κ1) is 17.2. The van der Waals surface area contributed by atoms with E-state index in [1.54, 1.807) is 4.90 Å². The van der Waals surface area contributed by atoms with Gasteiger partial charge in [0, 0.05) is 25.1 Å². The highest BCUT2D eigenvalue weighted by Gasteiger charge is 2.42. The van der Waals surface area contributed by atoms with Crippen molar-refractivity contribution in [3.63, 3.8) is 0 Å². The molecule has 0 aliphatic carbocycles. The van der Waals surface area contributed by atoms with Gasteiger partial charge in [-0.1, -0.05) is 6.07 Å². The number of aliphatic hydroxyl groups excluding tert-OH is 1. The van der Waals surface area contributed by atoms with E-state index in [0.29, 0.717) is 0 Å². The third kappa shape index (κ3) is 3.88. The number of alkyl halides is 2. The molecule has 1 aromatic rings. The molecule has 1 aromatic carbocycles. The first-order valence-electron chi connectivity index (χ1n) is 7.80. The third-order valence-electron chi connectivity index (χ3n) is 4.37. The van der Waals surface area contributed by atoms with Crippen LogP contribution >= 0.6 is 0 Å². The normalized spacial score (nSPS) is 29.8. The SMILES string of the molecule is O=C(N[C@H]1CO[C@@H](CN2CCC(F)(F)C2)[C@@H]1O)c1cccc(F)c1. The van der Waals surface area contributed by atoms with Gasteiger partial charge in [-0.15, -0.1) is 0 Å². The van der Waals surface area contributed by atoms with Crippen LogP contribution in [0.5, 0.6) is 0 Å². The van der Waals surface area contributed by atoms with E-state index < -0.39 is 35.9 Å². The average Bonchev–Trinajstić information content (AvgIpc) is 3.03. The third-order valence-corrected chi connectivity index (χ3v) is 4.37. The van der Waals surface area contributed by atoms with Crippen LogP contribution < -0.4 is 5.32 Å². The summed E-state index contributed by atoms with van der Waals surface area (Å²) in [5, 5.41) is 12.9. The molecule has 0 radical (unpaired) electrons. The van der Waals surface area contributed by atoms with Crippen molar-refractivity contribution in [2.75, 3.05) is 26.2 Å². The molecule has 0 saturated carbocycles. The van der Waals surface area contributed by atoms with E-state index in [-0.39, 0.29) is 38.2 Å². The lowest BCUT2D eigenvalue weighted by Gasteiger charge is -2.23. The first-order valence-corrected chi connectivity index (χ1v) is 7.80. The van der Waals surface area contributed by atoms with Crippen LogP contribution in [0.25, 0.3) is 0 Å². The summed E-state index contributed by atoms with van der Waals surface area (Å²) in [6.07, 6.45) is -1.84. The molecular formula is C16H19F3N2O3. The molecule has 3 atom stereocenters. The molecule has 1 amide bonds. The molecule has 132 valence electrons. The van der Waals surface area contributed by atoms with Gasteiger partial charge in [0.15, 0.2) is 0 Å². The van der Waals surface area contributed by atoms with E-state index in [0.717, 1.165) is 6.07 Å². The zero-order valence-corrected chi connectivity index (χ0v) is 12.9. The lowest BCUT2D eigenvalue weighted by molar-refractivity contribution is -0.00731. The van der Waals surface area contributed by atoms with Gasteiger partial charge in [-0.25, -0.2) is 13.2 Å². The largest absolute Gasteiger partial charge is 0.388 e. The number of aliphatic hydroxyl groups is 1. The molecule has 2 saturated heterocycles. The van der Waals surface area contributed by atoms with Gasteiger partial charge in [0.2, 0.25) is 0 Å². The summed E-state index contributed by atoms with van der Waals surface area (Å²) in [5.41, 5.74) is 0.143. The first-order chi connectivity index (χ1) is 11.3. The maximum Gasteiger partial charge on any atom is 0.261 e. The van der Waals surface area contributed by atoms with Gasteiger partial charge in [0.1, 0.15) is 11.9 Å². The summed E-state index contributed by atoms with van der Waals surface area (Å²) in [7, 11) is 0. The fourth-order valence-electron chi connectivity index (χ4n) is 3.07. The molecule has 24 heavy (non-hydrogen) atoms. The Kier molecular flexibility index (Phi) is 4.80. The number of ether oxygens (including phenoxy) is 1. The Labute approximate surface area is 137 Å². The molecule has 0 spiro atoms. The fraction of sp³-hybridized carbons (Fsp3) is 0.562. The number of nitrogens with zero attached hydrogens (tertiary/aromatic N) is 1. The van der Waals surface area contributed by atoms with E-state index in [2.05, 4.69) is 5.32 Å². The average molecular weight is 344 g/mol. The van der Waals surface area contributed by atoms with Crippen LogP contribution in [-0.4, -0.2) is 66.3 Å². The molecule has 8 heteroatoms. The number of nitrogens with one attached hydrogen (secondary N) is 1. The van der Waals surface area contributed by atoms with E-state index in [9.17, 15) is 23.1 Å². The van der Waals surface area contributed by atoms with Gasteiger partial charge in [0.05, 0.1) is 25.3 Å². The Bertz CT molecular complexity index is 614. The van der Waals surface area contributed by atoms with E-state index >= 15 is 0 Å². The Morgan fingerprint density at radius 2 is 2.25 bits per heavy atom. The van der Waals surface area contributed by atoms with Gasteiger partial charge in [0.25, 0.3) is 11.8 Å². The summed E-state index contributed by atoms with van der Waals surface area (Å²) in [5.74, 6) is -3.75. The molecule has 2 fully saturated rings. The van der Waals surface area contributed by atoms with Crippen LogP contribution in [0.15, 0.2) is 24.3 Å². The Balaban J connectivity index is 1.54. The highest BCUT2D eigenvalue weighted by Crippen LogP contribution is 2.28. The predicted octanol–water partition coefficient (Wildman–Crippen LogP) is 1.02. The summed E-state index contributed by atoms with van der Waals surface area (Å²) >= 11 is 0. The summed E-state index contributed by atoms with van der Waals surface area (Å²) in [6.45, 7) is 0.167. The topological polar surface area (TPSA) is 61.8 Å². The van der Waals surface area contributed by atoms with Gasteiger partial charge in [-0.05, 0) is 18.2 Å². The van der Waals surface area contributed by atoms with Crippen LogP contribution in [0, 0.1) is 5.82 Å². The highest BCUT2D eigenvalue weighted by atomic mass is 19.3. The summed E-state index contributed by atoms with van der Waals surface area (Å²) in [6, 6.07) is 4.55. The monoisotopic (exact) mass is 344 g/mol.